The molecule has 1 aromatic carbocycles. The molecule has 0 amide bonds. The minimum Gasteiger partial charge on any atom is -0.497 e. The van der Waals surface area contributed by atoms with Gasteiger partial charge in [0.15, 0.2) is 11.2 Å². The zero-order valence-electron chi connectivity index (χ0n) is 18.7. The van der Waals surface area contributed by atoms with Crippen LogP contribution in [0, 0.1) is 11.8 Å². The zero-order valence-corrected chi connectivity index (χ0v) is 18.7. The van der Waals surface area contributed by atoms with E-state index in [1.54, 1.807) is 21.1 Å². The first kappa shape index (κ1) is 21.7. The summed E-state index contributed by atoms with van der Waals surface area (Å²) in [5.74, 6) is 7.28. The Bertz CT molecular complexity index is 1310. The van der Waals surface area contributed by atoms with Gasteiger partial charge in [-0.05, 0) is 37.5 Å². The lowest BCUT2D eigenvalue weighted by Gasteiger charge is -2.31. The van der Waals surface area contributed by atoms with Crippen LogP contribution in [0.5, 0.6) is 5.75 Å². The molecule has 9 nitrogen and oxygen atoms in total. The SMILES string of the molecule is CC#CCn1c(N2CCCC(N)C2)nc2c1c(=O)n(Cc1ccc(OC)cc1)c(=O)n2C. The monoisotopic (exact) mass is 436 g/mol. The van der Waals surface area contributed by atoms with E-state index in [0.29, 0.717) is 36.0 Å². The Balaban J connectivity index is 1.88. The number of piperidine rings is 1. The van der Waals surface area contributed by atoms with Crippen molar-refractivity contribution in [1.82, 2.24) is 18.7 Å². The normalized spacial score (nSPS) is 16.1. The summed E-state index contributed by atoms with van der Waals surface area (Å²) in [4.78, 5) is 33.4. The molecule has 3 heterocycles. The third kappa shape index (κ3) is 3.89. The highest BCUT2D eigenvalue weighted by Crippen LogP contribution is 2.23. The number of hydrogen-bond donors (Lipinski definition) is 1. The van der Waals surface area contributed by atoms with Gasteiger partial charge < -0.3 is 15.4 Å². The maximum atomic E-state index is 13.5. The third-order valence-electron chi connectivity index (χ3n) is 5.87. The van der Waals surface area contributed by atoms with Crippen molar-refractivity contribution in [3.63, 3.8) is 0 Å². The molecule has 4 rings (SSSR count). The van der Waals surface area contributed by atoms with Crippen LogP contribution in [-0.2, 0) is 20.1 Å². The number of nitrogens with two attached hydrogens (primary N) is 1. The number of hydrogen-bond acceptors (Lipinski definition) is 6. The Morgan fingerprint density at radius 1 is 1.22 bits per heavy atom. The number of imidazole rings is 1. The average Bonchev–Trinajstić information content (AvgIpc) is 3.19. The molecule has 1 saturated heterocycles. The number of fused-ring (bicyclic) bond motifs is 1. The summed E-state index contributed by atoms with van der Waals surface area (Å²) in [5, 5.41) is 0. The highest BCUT2D eigenvalue weighted by molar-refractivity contribution is 5.75. The smallest absolute Gasteiger partial charge is 0.332 e. The molecule has 3 aromatic rings. The van der Waals surface area contributed by atoms with Crippen molar-refractivity contribution in [2.75, 3.05) is 25.1 Å². The van der Waals surface area contributed by atoms with Gasteiger partial charge in [0.25, 0.3) is 5.56 Å². The van der Waals surface area contributed by atoms with Gasteiger partial charge in [-0.2, -0.15) is 4.98 Å². The summed E-state index contributed by atoms with van der Waals surface area (Å²) in [6, 6.07) is 7.35. The molecule has 0 saturated carbocycles. The maximum absolute atomic E-state index is 13.5. The topological polar surface area (TPSA) is 100 Å². The van der Waals surface area contributed by atoms with Crippen molar-refractivity contribution in [2.24, 2.45) is 12.8 Å². The largest absolute Gasteiger partial charge is 0.497 e. The number of benzene rings is 1. The van der Waals surface area contributed by atoms with Crippen LogP contribution in [-0.4, -0.2) is 44.9 Å². The van der Waals surface area contributed by atoms with Gasteiger partial charge in [-0.25, -0.2) is 4.79 Å². The number of nitrogens with zero attached hydrogens (tertiary/aromatic N) is 5. The predicted molar refractivity (Wildman–Crippen MR) is 124 cm³/mol. The van der Waals surface area contributed by atoms with Gasteiger partial charge in [0, 0.05) is 26.2 Å². The number of anilines is 1. The van der Waals surface area contributed by atoms with E-state index in [1.165, 1.54) is 9.13 Å². The number of methoxy groups -OCH3 is 1. The second-order valence-electron chi connectivity index (χ2n) is 8.03. The van der Waals surface area contributed by atoms with Gasteiger partial charge in [-0.15, -0.1) is 5.92 Å². The van der Waals surface area contributed by atoms with Gasteiger partial charge in [-0.1, -0.05) is 18.1 Å². The number of ether oxygens (including phenoxy) is 1. The molecule has 2 aromatic heterocycles. The molecule has 1 fully saturated rings. The lowest BCUT2D eigenvalue weighted by molar-refractivity contribution is 0.414. The molecule has 0 bridgehead atoms. The van der Waals surface area contributed by atoms with E-state index in [1.807, 2.05) is 28.8 Å². The van der Waals surface area contributed by atoms with Gasteiger partial charge in [0.2, 0.25) is 5.95 Å². The summed E-state index contributed by atoms with van der Waals surface area (Å²) in [6.45, 7) is 3.67. The average molecular weight is 437 g/mol. The Morgan fingerprint density at radius 3 is 2.62 bits per heavy atom. The fraction of sp³-hybridized carbons (Fsp3) is 0.435. The fourth-order valence-electron chi connectivity index (χ4n) is 4.15. The van der Waals surface area contributed by atoms with E-state index in [4.69, 9.17) is 15.5 Å². The van der Waals surface area contributed by atoms with E-state index < -0.39 is 5.69 Å². The molecule has 168 valence electrons. The molecule has 0 aliphatic carbocycles. The lowest BCUT2D eigenvalue weighted by Crippen LogP contribution is -2.44. The summed E-state index contributed by atoms with van der Waals surface area (Å²) in [7, 11) is 3.24. The van der Waals surface area contributed by atoms with Crippen LogP contribution in [0.15, 0.2) is 33.9 Å². The fourth-order valence-corrected chi connectivity index (χ4v) is 4.15. The van der Waals surface area contributed by atoms with Crippen molar-refractivity contribution >= 4 is 17.1 Å². The van der Waals surface area contributed by atoms with Gasteiger partial charge >= 0.3 is 5.69 Å². The highest BCUT2D eigenvalue weighted by Gasteiger charge is 2.26. The van der Waals surface area contributed by atoms with Gasteiger partial charge in [-0.3, -0.25) is 18.5 Å². The highest BCUT2D eigenvalue weighted by atomic mass is 16.5. The number of rotatable bonds is 5. The quantitative estimate of drug-likeness (QED) is 0.597. The molecule has 1 unspecified atom stereocenters. The molecule has 1 atom stereocenters. The van der Waals surface area contributed by atoms with E-state index in [0.717, 1.165) is 24.9 Å². The third-order valence-corrected chi connectivity index (χ3v) is 5.87. The second kappa shape index (κ2) is 8.93. The second-order valence-corrected chi connectivity index (χ2v) is 8.03. The predicted octanol–water partition coefficient (Wildman–Crippen LogP) is 0.904. The van der Waals surface area contributed by atoms with E-state index in [-0.39, 0.29) is 18.1 Å². The first-order valence-corrected chi connectivity index (χ1v) is 10.7. The molecule has 0 radical (unpaired) electrons. The summed E-state index contributed by atoms with van der Waals surface area (Å²) < 4.78 is 9.69. The van der Waals surface area contributed by atoms with Crippen molar-refractivity contribution in [1.29, 1.82) is 0 Å². The van der Waals surface area contributed by atoms with Crippen molar-refractivity contribution in [3.05, 3.63) is 50.7 Å². The van der Waals surface area contributed by atoms with Crippen LogP contribution in [0.4, 0.5) is 5.95 Å². The molecule has 1 aliphatic rings. The van der Waals surface area contributed by atoms with E-state index in [9.17, 15) is 9.59 Å². The molecular formula is C23H28N6O3. The summed E-state index contributed by atoms with van der Waals surface area (Å²) in [6.07, 6.45) is 1.91. The number of aryl methyl sites for hydroxylation is 1. The van der Waals surface area contributed by atoms with Gasteiger partial charge in [0.1, 0.15) is 5.75 Å². The molecular weight excluding hydrogens is 408 g/mol. The van der Waals surface area contributed by atoms with Crippen LogP contribution in [0.25, 0.3) is 11.2 Å². The van der Waals surface area contributed by atoms with Crippen LogP contribution in [0.1, 0.15) is 25.3 Å². The molecule has 9 heteroatoms. The standard InChI is InChI=1S/C23H28N6O3/c1-4-5-13-28-19-20(25-22(28)27-12-6-7-17(24)15-27)26(2)23(31)29(21(19)30)14-16-8-10-18(32-3)11-9-16/h8-11,17H,6-7,12-15,24H2,1-3H3. The van der Waals surface area contributed by atoms with Crippen molar-refractivity contribution in [2.45, 2.75) is 38.9 Å². The number of aromatic nitrogens is 4. The first-order chi connectivity index (χ1) is 15.4. The zero-order chi connectivity index (χ0) is 22.8. The minimum absolute atomic E-state index is 0.0461. The Hall–Kier alpha value is -3.51. The van der Waals surface area contributed by atoms with E-state index >= 15 is 0 Å². The van der Waals surface area contributed by atoms with Crippen LogP contribution < -0.4 is 26.6 Å². The van der Waals surface area contributed by atoms with Crippen molar-refractivity contribution in [3.8, 4) is 17.6 Å². The molecule has 1 aliphatic heterocycles. The Kier molecular flexibility index (Phi) is 6.06. The van der Waals surface area contributed by atoms with Crippen LogP contribution in [0.3, 0.4) is 0 Å². The summed E-state index contributed by atoms with van der Waals surface area (Å²) >= 11 is 0. The van der Waals surface area contributed by atoms with Crippen molar-refractivity contribution < 1.29 is 4.74 Å². The van der Waals surface area contributed by atoms with Crippen LogP contribution in [0.2, 0.25) is 0 Å². The Morgan fingerprint density at radius 2 is 1.97 bits per heavy atom. The maximum Gasteiger partial charge on any atom is 0.332 e. The van der Waals surface area contributed by atoms with Crippen LogP contribution >= 0.6 is 0 Å². The first-order valence-electron chi connectivity index (χ1n) is 10.7. The minimum atomic E-state index is -0.411. The van der Waals surface area contributed by atoms with E-state index in [2.05, 4.69) is 16.7 Å². The summed E-state index contributed by atoms with van der Waals surface area (Å²) in [5.41, 5.74) is 6.95. The van der Waals surface area contributed by atoms with Gasteiger partial charge in [0.05, 0.1) is 20.2 Å². The lowest BCUT2D eigenvalue weighted by atomic mass is 10.1. The molecule has 32 heavy (non-hydrogen) atoms. The Labute approximate surface area is 186 Å². The molecule has 2 N–H and O–H groups in total. The molecule has 0 spiro atoms.